The third kappa shape index (κ3) is 19.1. The minimum atomic E-state index is -0.440. The van der Waals surface area contributed by atoms with Gasteiger partial charge in [0.05, 0.1) is 13.0 Å². The Hall–Kier alpha value is -1.52. The zero-order valence-corrected chi connectivity index (χ0v) is 9.24. The van der Waals surface area contributed by atoms with Crippen LogP contribution in [0.15, 0.2) is 0 Å². The number of esters is 1. The van der Waals surface area contributed by atoms with Crippen LogP contribution in [-0.4, -0.2) is 30.4 Å². The molecule has 15 heavy (non-hydrogen) atoms. The topological polar surface area (TPSA) is 77.5 Å². The summed E-state index contributed by atoms with van der Waals surface area (Å²) in [6.45, 7) is 4.79. The lowest BCUT2D eigenvalue weighted by Gasteiger charge is -1.96. The lowest BCUT2D eigenvalue weighted by Crippen LogP contribution is -2.07. The van der Waals surface area contributed by atoms with Crippen molar-refractivity contribution in [1.29, 1.82) is 0 Å². The predicted molar refractivity (Wildman–Crippen MR) is 53.3 cm³/mol. The van der Waals surface area contributed by atoms with Crippen LogP contribution in [0.3, 0.4) is 0 Å². The fourth-order valence-electron chi connectivity index (χ4n) is 0.533. The highest BCUT2D eigenvalue weighted by molar-refractivity contribution is 5.94. The maximum absolute atomic E-state index is 10.4. The van der Waals surface area contributed by atoms with E-state index in [9.17, 15) is 19.2 Å². The van der Waals surface area contributed by atoms with E-state index in [4.69, 9.17) is 0 Å². The molecule has 5 nitrogen and oxygen atoms in total. The molecule has 5 heteroatoms. The van der Waals surface area contributed by atoms with Crippen LogP contribution >= 0.6 is 0 Å². The van der Waals surface area contributed by atoms with Crippen LogP contribution in [-0.2, 0) is 23.9 Å². The van der Waals surface area contributed by atoms with E-state index >= 15 is 0 Å². The monoisotopic (exact) mass is 216 g/mol. The Morgan fingerprint density at radius 3 is 1.87 bits per heavy atom. The number of hydrogen-bond acceptors (Lipinski definition) is 5. The van der Waals surface area contributed by atoms with Crippen molar-refractivity contribution in [3.8, 4) is 0 Å². The van der Waals surface area contributed by atoms with Gasteiger partial charge < -0.3 is 9.53 Å². The molecule has 0 amide bonds. The zero-order chi connectivity index (χ0) is 12.3. The van der Waals surface area contributed by atoms with Crippen LogP contribution in [0.4, 0.5) is 0 Å². The van der Waals surface area contributed by atoms with Gasteiger partial charge in [-0.2, -0.15) is 0 Å². The van der Waals surface area contributed by atoms with Crippen molar-refractivity contribution >= 4 is 23.8 Å². The number of ketones is 2. The summed E-state index contributed by atoms with van der Waals surface area (Å²) in [5.74, 6) is -0.677. The van der Waals surface area contributed by atoms with Crippen molar-refractivity contribution in [2.75, 3.05) is 6.61 Å². The second-order valence-corrected chi connectivity index (χ2v) is 2.76. The van der Waals surface area contributed by atoms with Crippen molar-refractivity contribution in [3.05, 3.63) is 0 Å². The molecule has 0 aliphatic heterocycles. The van der Waals surface area contributed by atoms with Crippen LogP contribution < -0.4 is 0 Å². The number of ether oxygens (including phenoxy) is 1. The number of rotatable bonds is 5. The summed E-state index contributed by atoms with van der Waals surface area (Å²) in [5, 5.41) is 0. The Morgan fingerprint density at radius 1 is 1.13 bits per heavy atom. The summed E-state index contributed by atoms with van der Waals surface area (Å²) >= 11 is 0. The van der Waals surface area contributed by atoms with Crippen LogP contribution in [0.25, 0.3) is 0 Å². The highest BCUT2D eigenvalue weighted by atomic mass is 16.5. The lowest BCUT2D eigenvalue weighted by atomic mass is 10.3. The highest BCUT2D eigenvalue weighted by Gasteiger charge is 2.03. The summed E-state index contributed by atoms with van der Waals surface area (Å²) in [6.07, 6.45) is 0.552. The molecule has 86 valence electrons. The first-order chi connectivity index (χ1) is 6.93. The van der Waals surface area contributed by atoms with Gasteiger partial charge in [-0.25, -0.2) is 0 Å². The number of carbonyl (C=O) groups excluding carboxylic acids is 4. The smallest absolute Gasteiger partial charge is 0.313 e. The average molecular weight is 216 g/mol. The minimum Gasteiger partial charge on any atom is -0.466 e. The van der Waals surface area contributed by atoms with Gasteiger partial charge in [0.2, 0.25) is 0 Å². The molecule has 0 spiro atoms. The van der Waals surface area contributed by atoms with Crippen molar-refractivity contribution < 1.29 is 23.9 Å². The van der Waals surface area contributed by atoms with Crippen LogP contribution in [0, 0.1) is 0 Å². The molecule has 0 heterocycles. The Labute approximate surface area is 88.8 Å². The minimum absolute atomic E-state index is 0.0556. The lowest BCUT2D eigenvalue weighted by molar-refractivity contribution is -0.145. The molecular weight excluding hydrogens is 200 g/mol. The van der Waals surface area contributed by atoms with E-state index in [-0.39, 0.29) is 24.4 Å². The van der Waals surface area contributed by atoms with E-state index < -0.39 is 5.97 Å². The number of hydrogen-bond donors (Lipinski definition) is 0. The predicted octanol–water partition coefficient (Wildman–Crippen LogP) is 0.693. The van der Waals surface area contributed by atoms with Crippen molar-refractivity contribution in [3.63, 3.8) is 0 Å². The molecular formula is C10H16O5. The van der Waals surface area contributed by atoms with E-state index in [2.05, 4.69) is 4.74 Å². The van der Waals surface area contributed by atoms with Crippen molar-refractivity contribution in [1.82, 2.24) is 0 Å². The van der Waals surface area contributed by atoms with E-state index in [1.165, 1.54) is 13.8 Å². The molecule has 0 saturated carbocycles. The maximum Gasteiger partial charge on any atom is 0.313 e. The van der Waals surface area contributed by atoms with Crippen LogP contribution in [0.2, 0.25) is 0 Å². The molecule has 0 N–H and O–H groups in total. The van der Waals surface area contributed by atoms with Crippen LogP contribution in [0.1, 0.15) is 33.6 Å². The number of aldehydes is 1. The van der Waals surface area contributed by atoms with Crippen molar-refractivity contribution in [2.45, 2.75) is 33.6 Å². The summed E-state index contributed by atoms with van der Waals surface area (Å²) in [5.41, 5.74) is 0. The molecule has 0 rings (SSSR count). The number of carbonyl (C=O) groups is 4. The summed E-state index contributed by atoms with van der Waals surface area (Å²) in [6, 6.07) is 0. The van der Waals surface area contributed by atoms with Crippen LogP contribution in [0.5, 0.6) is 0 Å². The quantitative estimate of drug-likeness (QED) is 0.384. The Morgan fingerprint density at radius 2 is 1.67 bits per heavy atom. The van der Waals surface area contributed by atoms with E-state index in [1.807, 2.05) is 0 Å². The van der Waals surface area contributed by atoms with Gasteiger partial charge in [0.1, 0.15) is 24.3 Å². The molecule has 0 aliphatic rings. The Balaban J connectivity index is 0. The molecule has 0 aromatic heterocycles. The van der Waals surface area contributed by atoms with Gasteiger partial charge in [-0.1, -0.05) is 0 Å². The molecule has 0 aromatic rings. The fourth-order valence-corrected chi connectivity index (χ4v) is 0.533. The summed E-state index contributed by atoms with van der Waals surface area (Å²) in [7, 11) is 0. The third-order valence-electron chi connectivity index (χ3n) is 1.07. The third-order valence-corrected chi connectivity index (χ3v) is 1.07. The number of Topliss-reactive ketones (excluding diaryl/α,β-unsaturated/α-hetero) is 2. The Bertz CT molecular complexity index is 232. The molecule has 0 bridgehead atoms. The SMILES string of the molecule is CC(=O)CC=O.CCOC(=O)CC(C)=O. The highest BCUT2D eigenvalue weighted by Crippen LogP contribution is 1.86. The van der Waals surface area contributed by atoms with Crippen molar-refractivity contribution in [2.24, 2.45) is 0 Å². The van der Waals surface area contributed by atoms with E-state index in [0.717, 1.165) is 0 Å². The second kappa shape index (κ2) is 10.6. The van der Waals surface area contributed by atoms with Gasteiger partial charge in [0, 0.05) is 0 Å². The molecule has 0 aliphatic carbocycles. The molecule has 0 radical (unpaired) electrons. The Kier molecular flexibility index (Phi) is 11.2. The molecule has 0 atom stereocenters. The summed E-state index contributed by atoms with van der Waals surface area (Å²) < 4.78 is 4.49. The van der Waals surface area contributed by atoms with E-state index in [0.29, 0.717) is 12.9 Å². The van der Waals surface area contributed by atoms with Gasteiger partial charge in [0.25, 0.3) is 0 Å². The van der Waals surface area contributed by atoms with Gasteiger partial charge in [-0.15, -0.1) is 0 Å². The average Bonchev–Trinajstić information content (AvgIpc) is 2.03. The zero-order valence-electron chi connectivity index (χ0n) is 9.24. The largest absolute Gasteiger partial charge is 0.466 e. The van der Waals surface area contributed by atoms with Gasteiger partial charge in [-0.3, -0.25) is 14.4 Å². The second-order valence-electron chi connectivity index (χ2n) is 2.76. The van der Waals surface area contributed by atoms with Gasteiger partial charge >= 0.3 is 5.97 Å². The molecule has 0 fully saturated rings. The normalized spacial score (nSPS) is 8.20. The maximum atomic E-state index is 10.4. The van der Waals surface area contributed by atoms with Gasteiger partial charge in [-0.05, 0) is 20.8 Å². The first-order valence-electron chi connectivity index (χ1n) is 4.52. The molecule has 0 saturated heterocycles. The van der Waals surface area contributed by atoms with Gasteiger partial charge in [0.15, 0.2) is 0 Å². The summed E-state index contributed by atoms with van der Waals surface area (Å²) in [4.78, 5) is 39.8. The standard InChI is InChI=1S/C6H10O3.C4H6O2/c1-3-9-6(8)4-5(2)7;1-4(6)2-3-5/h3-4H2,1-2H3;3H,2H2,1H3. The van der Waals surface area contributed by atoms with E-state index in [1.54, 1.807) is 6.92 Å². The fraction of sp³-hybridized carbons (Fsp3) is 0.600. The first-order valence-corrected chi connectivity index (χ1v) is 4.52. The molecule has 0 unspecified atom stereocenters. The first kappa shape index (κ1) is 15.9. The molecule has 0 aromatic carbocycles.